The Labute approximate surface area is 152 Å². The van der Waals surface area contributed by atoms with Crippen LogP contribution in [0.15, 0.2) is 64.1 Å². The zero-order valence-corrected chi connectivity index (χ0v) is 14.8. The molecule has 0 saturated carbocycles. The average molecular weight is 369 g/mol. The van der Waals surface area contributed by atoms with Gasteiger partial charge in [0.2, 0.25) is 0 Å². The van der Waals surface area contributed by atoms with Crippen molar-refractivity contribution in [2.45, 2.75) is 6.92 Å². The predicted molar refractivity (Wildman–Crippen MR) is 103 cm³/mol. The summed E-state index contributed by atoms with van der Waals surface area (Å²) in [7, 11) is 0. The van der Waals surface area contributed by atoms with Crippen LogP contribution in [0, 0.1) is 0 Å². The lowest BCUT2D eigenvalue weighted by Gasteiger charge is -1.99. The summed E-state index contributed by atoms with van der Waals surface area (Å²) in [4.78, 5) is 12.9. The Hall–Kier alpha value is -2.63. The van der Waals surface area contributed by atoms with E-state index in [2.05, 4.69) is 10.5 Å². The standard InChI is InChI=1S/C19H13ClN2O2S/c1-11(15-10-12-6-2-4-8-14(12)24-15)21-22-19(23)18-17(20)13-7-3-5-9-16(13)25-18/h2-10H,1H3,(H,22,23)/b21-11+. The number of furan rings is 1. The molecule has 4 rings (SSSR count). The van der Waals surface area contributed by atoms with Crippen LogP contribution in [0.5, 0.6) is 0 Å². The van der Waals surface area contributed by atoms with Crippen molar-refractivity contribution in [3.63, 3.8) is 0 Å². The van der Waals surface area contributed by atoms with E-state index in [4.69, 9.17) is 16.0 Å². The molecule has 1 amide bonds. The van der Waals surface area contributed by atoms with E-state index in [1.807, 2.05) is 54.6 Å². The molecule has 6 heteroatoms. The molecule has 0 radical (unpaired) electrons. The Bertz CT molecular complexity index is 1090. The highest BCUT2D eigenvalue weighted by atomic mass is 35.5. The lowest BCUT2D eigenvalue weighted by atomic mass is 10.2. The van der Waals surface area contributed by atoms with Crippen LogP contribution in [-0.4, -0.2) is 11.6 Å². The first-order valence-electron chi connectivity index (χ1n) is 7.64. The molecule has 0 aliphatic heterocycles. The van der Waals surface area contributed by atoms with Crippen LogP contribution in [-0.2, 0) is 0 Å². The van der Waals surface area contributed by atoms with Crippen LogP contribution >= 0.6 is 22.9 Å². The normalized spacial score (nSPS) is 12.0. The van der Waals surface area contributed by atoms with Crippen molar-refractivity contribution in [2.24, 2.45) is 5.10 Å². The van der Waals surface area contributed by atoms with Gasteiger partial charge in [-0.2, -0.15) is 5.10 Å². The molecule has 4 nitrogen and oxygen atoms in total. The number of nitrogens with zero attached hydrogens (tertiary/aromatic N) is 1. The van der Waals surface area contributed by atoms with Gasteiger partial charge in [0.25, 0.3) is 5.91 Å². The summed E-state index contributed by atoms with van der Waals surface area (Å²) in [6, 6.07) is 17.2. The van der Waals surface area contributed by atoms with Gasteiger partial charge in [-0.1, -0.05) is 48.0 Å². The molecule has 0 spiro atoms. The molecule has 0 atom stereocenters. The summed E-state index contributed by atoms with van der Waals surface area (Å²) in [5.41, 5.74) is 3.93. The number of para-hydroxylation sites is 1. The van der Waals surface area contributed by atoms with Crippen LogP contribution in [0.3, 0.4) is 0 Å². The van der Waals surface area contributed by atoms with Crippen molar-refractivity contribution < 1.29 is 9.21 Å². The summed E-state index contributed by atoms with van der Waals surface area (Å²) in [6.07, 6.45) is 0. The molecule has 4 aromatic rings. The van der Waals surface area contributed by atoms with Crippen LogP contribution in [0.25, 0.3) is 21.1 Å². The molecular weight excluding hydrogens is 356 g/mol. The Kier molecular flexibility index (Phi) is 4.03. The second-order valence-corrected chi connectivity index (χ2v) is 6.96. The van der Waals surface area contributed by atoms with Gasteiger partial charge in [0.15, 0.2) is 5.76 Å². The fourth-order valence-electron chi connectivity index (χ4n) is 2.56. The van der Waals surface area contributed by atoms with Crippen molar-refractivity contribution in [3.05, 3.63) is 70.3 Å². The van der Waals surface area contributed by atoms with E-state index in [0.717, 1.165) is 21.1 Å². The topological polar surface area (TPSA) is 54.6 Å². The molecule has 0 aliphatic carbocycles. The zero-order chi connectivity index (χ0) is 17.4. The molecular formula is C19H13ClN2O2S. The molecule has 0 fully saturated rings. The average Bonchev–Trinajstić information content (AvgIpc) is 3.21. The highest BCUT2D eigenvalue weighted by Gasteiger charge is 2.16. The van der Waals surface area contributed by atoms with Crippen LogP contribution in [0.2, 0.25) is 5.02 Å². The van der Waals surface area contributed by atoms with Crippen LogP contribution in [0.4, 0.5) is 0 Å². The number of halogens is 1. The largest absolute Gasteiger partial charge is 0.455 e. The third-order valence-electron chi connectivity index (χ3n) is 3.85. The minimum Gasteiger partial charge on any atom is -0.455 e. The van der Waals surface area contributed by atoms with Gasteiger partial charge < -0.3 is 4.42 Å². The monoisotopic (exact) mass is 368 g/mol. The summed E-state index contributed by atoms with van der Waals surface area (Å²) in [5.74, 6) is 0.283. The second kappa shape index (κ2) is 6.35. The van der Waals surface area contributed by atoms with Gasteiger partial charge in [-0.25, -0.2) is 5.43 Å². The van der Waals surface area contributed by atoms with Gasteiger partial charge >= 0.3 is 0 Å². The first kappa shape index (κ1) is 15.9. The molecule has 0 saturated heterocycles. The van der Waals surface area contributed by atoms with Crippen molar-refractivity contribution in [1.82, 2.24) is 5.43 Å². The number of nitrogens with one attached hydrogen (secondary N) is 1. The Morgan fingerprint density at radius 2 is 1.92 bits per heavy atom. The molecule has 2 aromatic heterocycles. The summed E-state index contributed by atoms with van der Waals surface area (Å²) in [5, 5.41) is 6.47. The number of carbonyl (C=O) groups excluding carboxylic acids is 1. The third-order valence-corrected chi connectivity index (χ3v) is 5.52. The van der Waals surface area contributed by atoms with Crippen molar-refractivity contribution >= 4 is 55.6 Å². The molecule has 0 aliphatic rings. The number of hydrogen-bond acceptors (Lipinski definition) is 4. The Morgan fingerprint density at radius 1 is 1.16 bits per heavy atom. The lowest BCUT2D eigenvalue weighted by molar-refractivity contribution is 0.0959. The Balaban J connectivity index is 1.59. The first-order chi connectivity index (χ1) is 12.1. The molecule has 0 unspecified atom stereocenters. The number of amides is 1. The number of carbonyl (C=O) groups is 1. The van der Waals surface area contributed by atoms with Gasteiger partial charge in [0, 0.05) is 15.5 Å². The van der Waals surface area contributed by atoms with Crippen LogP contribution < -0.4 is 5.43 Å². The smallest absolute Gasteiger partial charge is 0.283 e. The summed E-state index contributed by atoms with van der Waals surface area (Å²) < 4.78 is 6.70. The molecule has 2 heterocycles. The molecule has 124 valence electrons. The molecule has 2 aromatic carbocycles. The van der Waals surface area contributed by atoms with E-state index in [-0.39, 0.29) is 5.91 Å². The molecule has 25 heavy (non-hydrogen) atoms. The second-order valence-electron chi connectivity index (χ2n) is 5.53. The molecule has 0 bridgehead atoms. The van der Waals surface area contributed by atoms with Crippen molar-refractivity contribution in [3.8, 4) is 0 Å². The maximum atomic E-state index is 12.4. The number of fused-ring (bicyclic) bond motifs is 2. The fourth-order valence-corrected chi connectivity index (χ4v) is 3.97. The number of thiophene rings is 1. The Morgan fingerprint density at radius 3 is 2.72 bits per heavy atom. The number of hydrogen-bond donors (Lipinski definition) is 1. The van der Waals surface area contributed by atoms with Crippen LogP contribution in [0.1, 0.15) is 22.4 Å². The minimum absolute atomic E-state index is 0.332. The van der Waals surface area contributed by atoms with Gasteiger partial charge in [-0.15, -0.1) is 11.3 Å². The number of rotatable bonds is 3. The minimum atomic E-state index is -0.332. The molecule has 1 N–H and O–H groups in total. The van der Waals surface area contributed by atoms with E-state index in [9.17, 15) is 4.79 Å². The quantitative estimate of drug-likeness (QED) is 0.386. The van der Waals surface area contributed by atoms with E-state index in [1.54, 1.807) is 6.92 Å². The van der Waals surface area contributed by atoms with E-state index in [1.165, 1.54) is 11.3 Å². The summed E-state index contributed by atoms with van der Waals surface area (Å²) >= 11 is 7.67. The summed E-state index contributed by atoms with van der Waals surface area (Å²) in [6.45, 7) is 1.78. The predicted octanol–water partition coefficient (Wildman–Crippen LogP) is 5.45. The maximum Gasteiger partial charge on any atom is 0.283 e. The fraction of sp³-hybridized carbons (Fsp3) is 0.0526. The number of benzene rings is 2. The lowest BCUT2D eigenvalue weighted by Crippen LogP contribution is -2.18. The third kappa shape index (κ3) is 2.92. The maximum absolute atomic E-state index is 12.4. The number of hydrazone groups is 1. The van der Waals surface area contributed by atoms with E-state index < -0.39 is 0 Å². The first-order valence-corrected chi connectivity index (χ1v) is 8.83. The zero-order valence-electron chi connectivity index (χ0n) is 13.2. The highest BCUT2D eigenvalue weighted by molar-refractivity contribution is 7.21. The van der Waals surface area contributed by atoms with Gasteiger partial charge in [0.1, 0.15) is 16.2 Å². The van der Waals surface area contributed by atoms with Crippen molar-refractivity contribution in [2.75, 3.05) is 0 Å². The van der Waals surface area contributed by atoms with Crippen molar-refractivity contribution in [1.29, 1.82) is 0 Å². The van der Waals surface area contributed by atoms with E-state index in [0.29, 0.717) is 21.4 Å². The van der Waals surface area contributed by atoms with Gasteiger partial charge in [-0.3, -0.25) is 4.79 Å². The van der Waals surface area contributed by atoms with E-state index >= 15 is 0 Å². The van der Waals surface area contributed by atoms with Gasteiger partial charge in [0.05, 0.1) is 5.02 Å². The highest BCUT2D eigenvalue weighted by Crippen LogP contribution is 2.34. The SMILES string of the molecule is C/C(=N\NC(=O)c1sc2ccccc2c1Cl)c1cc2ccccc2o1. The van der Waals surface area contributed by atoms with Gasteiger partial charge in [-0.05, 0) is 25.1 Å².